The smallest absolute Gasteiger partial charge is 0.163 e. The van der Waals surface area contributed by atoms with Crippen LogP contribution in [0.2, 0.25) is 0 Å². The molecule has 20 heavy (non-hydrogen) atoms. The van der Waals surface area contributed by atoms with Crippen molar-refractivity contribution >= 4 is 5.70 Å². The molecule has 3 heteroatoms. The molecule has 0 saturated heterocycles. The highest BCUT2D eigenvalue weighted by molar-refractivity contribution is 5.46. The van der Waals surface area contributed by atoms with E-state index < -0.39 is 5.66 Å². The number of hydrogen-bond donors (Lipinski definition) is 1. The molecule has 1 heterocycles. The zero-order chi connectivity index (χ0) is 14.6. The Morgan fingerprint density at radius 2 is 1.75 bits per heavy atom. The zero-order valence-electron chi connectivity index (χ0n) is 11.6. The summed E-state index contributed by atoms with van der Waals surface area (Å²) in [5, 5.41) is 13.8. The molecule has 0 radical (unpaired) electrons. The Balaban J connectivity index is 2.73. The van der Waals surface area contributed by atoms with Crippen LogP contribution in [-0.2, 0) is 0 Å². The quantitative estimate of drug-likeness (QED) is 0.805. The third-order valence-electron chi connectivity index (χ3n) is 3.47. The number of hydroxylamine groups is 2. The number of fused-ring (bicyclic) bond motifs is 1. The van der Waals surface area contributed by atoms with Crippen LogP contribution in [0.15, 0.2) is 67.2 Å². The number of hydrogen-bond acceptors (Lipinski definition) is 3. The van der Waals surface area contributed by atoms with Gasteiger partial charge in [-0.25, -0.2) is 5.06 Å². The molecule has 0 amide bonds. The maximum absolute atomic E-state index is 10.7. The van der Waals surface area contributed by atoms with Crippen LogP contribution in [0.1, 0.15) is 19.3 Å². The van der Waals surface area contributed by atoms with Gasteiger partial charge in [0.1, 0.15) is 0 Å². The lowest BCUT2D eigenvalue weighted by Gasteiger charge is -2.40. The van der Waals surface area contributed by atoms with Crippen LogP contribution in [0, 0.1) is 0 Å². The van der Waals surface area contributed by atoms with Crippen molar-refractivity contribution in [2.75, 3.05) is 0 Å². The summed E-state index contributed by atoms with van der Waals surface area (Å²) in [5.74, 6) is 0. The molecular weight excluding hydrogens is 248 g/mol. The van der Waals surface area contributed by atoms with Crippen molar-refractivity contribution in [3.8, 4) is 0 Å². The molecule has 1 aliphatic rings. The van der Waals surface area contributed by atoms with E-state index in [1.54, 1.807) is 18.2 Å². The first-order valence-corrected chi connectivity index (χ1v) is 6.68. The third kappa shape index (κ3) is 2.32. The number of nitrogens with zero attached hydrogens (tertiary/aromatic N) is 2. The molecule has 0 aliphatic carbocycles. The van der Waals surface area contributed by atoms with Crippen LogP contribution in [0.4, 0.5) is 0 Å². The lowest BCUT2D eigenvalue weighted by Crippen LogP contribution is -2.52. The molecule has 0 atom stereocenters. The van der Waals surface area contributed by atoms with E-state index in [2.05, 4.69) is 19.7 Å². The van der Waals surface area contributed by atoms with Gasteiger partial charge in [0.25, 0.3) is 0 Å². The highest BCUT2D eigenvalue weighted by atomic mass is 16.5. The molecule has 0 bridgehead atoms. The first kappa shape index (κ1) is 14.3. The highest BCUT2D eigenvalue weighted by Crippen LogP contribution is 2.31. The summed E-state index contributed by atoms with van der Waals surface area (Å²) >= 11 is 0. The SMILES string of the molecule is C=CCC1=c2ccccc2=NC(CC=C)(CC=C)N1O. The van der Waals surface area contributed by atoms with Gasteiger partial charge >= 0.3 is 0 Å². The average Bonchev–Trinajstić information content (AvgIpc) is 2.44. The van der Waals surface area contributed by atoms with Crippen LogP contribution in [-0.4, -0.2) is 15.9 Å². The van der Waals surface area contributed by atoms with Gasteiger partial charge in [0.05, 0.1) is 11.1 Å². The van der Waals surface area contributed by atoms with E-state index in [0.717, 1.165) is 16.3 Å². The van der Waals surface area contributed by atoms with Gasteiger partial charge < -0.3 is 0 Å². The summed E-state index contributed by atoms with van der Waals surface area (Å²) in [6, 6.07) is 7.83. The maximum atomic E-state index is 10.7. The zero-order valence-corrected chi connectivity index (χ0v) is 11.6. The van der Waals surface area contributed by atoms with Crippen molar-refractivity contribution in [2.24, 2.45) is 4.99 Å². The summed E-state index contributed by atoms with van der Waals surface area (Å²) in [6.45, 7) is 11.3. The van der Waals surface area contributed by atoms with Gasteiger partial charge in [-0.1, -0.05) is 36.4 Å². The summed E-state index contributed by atoms with van der Waals surface area (Å²) < 4.78 is 0. The maximum Gasteiger partial charge on any atom is 0.163 e. The number of para-hydroxylation sites is 1. The molecule has 1 aliphatic heterocycles. The molecular formula is C17H20N2O. The summed E-state index contributed by atoms with van der Waals surface area (Å²) in [4.78, 5) is 4.75. The van der Waals surface area contributed by atoms with Gasteiger partial charge in [-0.3, -0.25) is 10.2 Å². The predicted octanol–water partition coefficient (Wildman–Crippen LogP) is 2.54. The first-order chi connectivity index (χ1) is 9.68. The molecule has 0 spiro atoms. The summed E-state index contributed by atoms with van der Waals surface area (Å²) in [6.07, 6.45) is 7.01. The topological polar surface area (TPSA) is 35.8 Å². The van der Waals surface area contributed by atoms with Crippen molar-refractivity contribution < 1.29 is 5.21 Å². The fourth-order valence-electron chi connectivity index (χ4n) is 2.60. The Morgan fingerprint density at radius 3 is 2.35 bits per heavy atom. The minimum absolute atomic E-state index is 0.546. The Morgan fingerprint density at radius 1 is 1.10 bits per heavy atom. The minimum atomic E-state index is -0.754. The van der Waals surface area contributed by atoms with E-state index in [0.29, 0.717) is 19.3 Å². The normalized spacial score (nSPS) is 16.1. The lowest BCUT2D eigenvalue weighted by molar-refractivity contribution is -0.121. The second-order valence-corrected chi connectivity index (χ2v) is 4.85. The Hall–Kier alpha value is -2.13. The second kappa shape index (κ2) is 5.88. The summed E-state index contributed by atoms with van der Waals surface area (Å²) in [7, 11) is 0. The molecule has 3 nitrogen and oxygen atoms in total. The van der Waals surface area contributed by atoms with Gasteiger partial charge in [0.2, 0.25) is 0 Å². The molecule has 1 aromatic carbocycles. The van der Waals surface area contributed by atoms with Gasteiger partial charge in [-0.2, -0.15) is 0 Å². The Bertz CT molecular complexity index is 635. The van der Waals surface area contributed by atoms with Crippen molar-refractivity contribution in [3.63, 3.8) is 0 Å². The van der Waals surface area contributed by atoms with Crippen molar-refractivity contribution in [3.05, 3.63) is 72.8 Å². The average molecular weight is 268 g/mol. The fourth-order valence-corrected chi connectivity index (χ4v) is 2.60. The van der Waals surface area contributed by atoms with Crippen LogP contribution in [0.5, 0.6) is 0 Å². The van der Waals surface area contributed by atoms with Gasteiger partial charge in [0, 0.05) is 24.5 Å². The van der Waals surface area contributed by atoms with Gasteiger partial charge in [0.15, 0.2) is 5.66 Å². The molecule has 0 fully saturated rings. The molecule has 104 valence electrons. The summed E-state index contributed by atoms with van der Waals surface area (Å²) in [5.41, 5.74) is 0.0604. The largest absolute Gasteiger partial charge is 0.286 e. The Kier molecular flexibility index (Phi) is 4.20. The van der Waals surface area contributed by atoms with Crippen molar-refractivity contribution in [1.29, 1.82) is 0 Å². The second-order valence-electron chi connectivity index (χ2n) is 4.85. The van der Waals surface area contributed by atoms with E-state index >= 15 is 0 Å². The fraction of sp³-hybridized carbons (Fsp3) is 0.235. The van der Waals surface area contributed by atoms with Crippen molar-refractivity contribution in [2.45, 2.75) is 24.9 Å². The highest BCUT2D eigenvalue weighted by Gasteiger charge is 2.37. The lowest BCUT2D eigenvalue weighted by atomic mass is 9.97. The van der Waals surface area contributed by atoms with E-state index in [9.17, 15) is 5.21 Å². The van der Waals surface area contributed by atoms with E-state index in [-0.39, 0.29) is 0 Å². The van der Waals surface area contributed by atoms with Crippen LogP contribution < -0.4 is 10.6 Å². The molecule has 0 aromatic heterocycles. The minimum Gasteiger partial charge on any atom is -0.286 e. The van der Waals surface area contributed by atoms with Gasteiger partial charge in [-0.15, -0.1) is 19.7 Å². The molecule has 2 rings (SSSR count). The van der Waals surface area contributed by atoms with Crippen molar-refractivity contribution in [1.82, 2.24) is 5.06 Å². The van der Waals surface area contributed by atoms with Crippen LogP contribution in [0.25, 0.3) is 5.70 Å². The third-order valence-corrected chi connectivity index (χ3v) is 3.47. The molecule has 1 aromatic rings. The molecule has 0 saturated carbocycles. The van der Waals surface area contributed by atoms with Crippen LogP contribution in [0.3, 0.4) is 0 Å². The van der Waals surface area contributed by atoms with E-state index in [1.165, 1.54) is 5.06 Å². The monoisotopic (exact) mass is 268 g/mol. The van der Waals surface area contributed by atoms with E-state index in [1.807, 2.05) is 24.3 Å². The molecule has 0 unspecified atom stereocenters. The molecule has 1 N–H and O–H groups in total. The number of benzene rings is 1. The van der Waals surface area contributed by atoms with Gasteiger partial charge in [-0.05, 0) is 6.07 Å². The van der Waals surface area contributed by atoms with Crippen LogP contribution >= 0.6 is 0 Å². The standard InChI is InChI=1S/C17H20N2O/c1-4-9-16-14-10-7-8-11-15(14)18-17(12-5-2,13-6-3)19(16)20/h4-8,10-11,20H,1-3,9,12-13H2. The first-order valence-electron chi connectivity index (χ1n) is 6.68. The predicted molar refractivity (Wildman–Crippen MR) is 81.4 cm³/mol. The van der Waals surface area contributed by atoms with E-state index in [4.69, 9.17) is 4.99 Å². The number of rotatable bonds is 6. The Labute approximate surface area is 119 Å².